The maximum atomic E-state index is 13.2. The number of nitrogens with zero attached hydrogens (tertiary/aromatic N) is 2. The predicted molar refractivity (Wildman–Crippen MR) is 64.0 cm³/mol. The summed E-state index contributed by atoms with van der Waals surface area (Å²) in [7, 11) is 0. The summed E-state index contributed by atoms with van der Waals surface area (Å²) < 4.78 is 13.2. The number of fused-ring (bicyclic) bond motifs is 1. The Morgan fingerprint density at radius 1 is 1.24 bits per heavy atom. The minimum absolute atomic E-state index is 0.202. The molecular weight excluding hydrogens is 217 g/mol. The van der Waals surface area contributed by atoms with Crippen LogP contribution in [0.5, 0.6) is 0 Å². The van der Waals surface area contributed by atoms with E-state index in [0.717, 1.165) is 22.4 Å². The summed E-state index contributed by atoms with van der Waals surface area (Å²) in [6.45, 7) is 1.74. The lowest BCUT2D eigenvalue weighted by molar-refractivity contribution is 0.618. The van der Waals surface area contributed by atoms with E-state index in [2.05, 4.69) is 15.0 Å². The number of rotatable bonds is 1. The lowest BCUT2D eigenvalue weighted by Crippen LogP contribution is -1.85. The van der Waals surface area contributed by atoms with Crippen molar-refractivity contribution >= 4 is 11.0 Å². The number of halogens is 1. The molecule has 0 aliphatic rings. The zero-order valence-electron chi connectivity index (χ0n) is 9.24. The molecule has 2 aromatic heterocycles. The molecule has 0 aliphatic heterocycles. The van der Waals surface area contributed by atoms with E-state index in [1.54, 1.807) is 31.5 Å². The first-order valence-corrected chi connectivity index (χ1v) is 5.30. The summed E-state index contributed by atoms with van der Waals surface area (Å²) in [5.41, 5.74) is 3.22. The van der Waals surface area contributed by atoms with Crippen LogP contribution in [0, 0.1) is 12.7 Å². The van der Waals surface area contributed by atoms with Crippen LogP contribution in [0.1, 0.15) is 5.56 Å². The lowest BCUT2D eigenvalue weighted by atomic mass is 10.1. The molecule has 3 rings (SSSR count). The van der Waals surface area contributed by atoms with Gasteiger partial charge in [0, 0.05) is 11.8 Å². The minimum atomic E-state index is -0.202. The Morgan fingerprint density at radius 3 is 2.88 bits per heavy atom. The van der Waals surface area contributed by atoms with Crippen LogP contribution in [0.2, 0.25) is 0 Å². The molecule has 0 aliphatic carbocycles. The Bertz CT molecular complexity index is 655. The summed E-state index contributed by atoms with van der Waals surface area (Å²) in [5.74, 6) is 0.530. The summed E-state index contributed by atoms with van der Waals surface area (Å²) in [6, 6.07) is 6.79. The number of hydrogen-bond acceptors (Lipinski definition) is 2. The van der Waals surface area contributed by atoms with Gasteiger partial charge in [0.15, 0.2) is 0 Å². The highest BCUT2D eigenvalue weighted by atomic mass is 19.1. The van der Waals surface area contributed by atoms with E-state index in [9.17, 15) is 4.39 Å². The highest BCUT2D eigenvalue weighted by Gasteiger charge is 2.06. The number of pyridine rings is 1. The van der Waals surface area contributed by atoms with Crippen LogP contribution in [0.4, 0.5) is 4.39 Å². The topological polar surface area (TPSA) is 41.6 Å². The van der Waals surface area contributed by atoms with Crippen LogP contribution < -0.4 is 0 Å². The Hall–Kier alpha value is -2.23. The molecule has 0 atom stereocenters. The molecule has 0 saturated carbocycles. The van der Waals surface area contributed by atoms with Crippen molar-refractivity contribution in [2.45, 2.75) is 6.92 Å². The normalized spacial score (nSPS) is 10.9. The van der Waals surface area contributed by atoms with Gasteiger partial charge < -0.3 is 4.98 Å². The van der Waals surface area contributed by atoms with E-state index in [1.807, 2.05) is 6.07 Å². The highest BCUT2D eigenvalue weighted by molar-refractivity contribution is 5.78. The fourth-order valence-electron chi connectivity index (χ4n) is 1.79. The van der Waals surface area contributed by atoms with Gasteiger partial charge in [0.1, 0.15) is 11.6 Å². The van der Waals surface area contributed by atoms with Gasteiger partial charge in [-0.25, -0.2) is 9.37 Å². The van der Waals surface area contributed by atoms with Gasteiger partial charge in [0.25, 0.3) is 0 Å². The second-order valence-corrected chi connectivity index (χ2v) is 3.94. The maximum absolute atomic E-state index is 13.2. The predicted octanol–water partition coefficient (Wildman–Crippen LogP) is 3.07. The Kier molecular flexibility index (Phi) is 2.14. The van der Waals surface area contributed by atoms with E-state index in [-0.39, 0.29) is 5.82 Å². The SMILES string of the molecule is Cc1cc(-c2nc3ccncc3[nH]2)ccc1F. The first kappa shape index (κ1) is 9.96. The smallest absolute Gasteiger partial charge is 0.138 e. The average molecular weight is 227 g/mol. The molecular formula is C13H10FN3. The van der Waals surface area contributed by atoms with Crippen LogP contribution in [0.25, 0.3) is 22.4 Å². The third-order valence-corrected chi connectivity index (χ3v) is 2.71. The van der Waals surface area contributed by atoms with Crippen LogP contribution in [0.15, 0.2) is 36.7 Å². The number of nitrogens with one attached hydrogen (secondary N) is 1. The highest BCUT2D eigenvalue weighted by Crippen LogP contribution is 2.21. The Labute approximate surface area is 97.3 Å². The Morgan fingerprint density at radius 2 is 2.12 bits per heavy atom. The molecule has 3 nitrogen and oxygen atoms in total. The summed E-state index contributed by atoms with van der Waals surface area (Å²) >= 11 is 0. The van der Waals surface area contributed by atoms with Crippen molar-refractivity contribution in [3.05, 3.63) is 48.0 Å². The molecule has 0 spiro atoms. The summed E-state index contributed by atoms with van der Waals surface area (Å²) in [4.78, 5) is 11.6. The van der Waals surface area contributed by atoms with Gasteiger partial charge in [0.05, 0.1) is 17.2 Å². The number of benzene rings is 1. The molecule has 4 heteroatoms. The quantitative estimate of drug-likeness (QED) is 0.694. The van der Waals surface area contributed by atoms with E-state index < -0.39 is 0 Å². The molecule has 0 bridgehead atoms. The fraction of sp³-hybridized carbons (Fsp3) is 0.0769. The molecule has 0 saturated heterocycles. The van der Waals surface area contributed by atoms with Crippen LogP contribution >= 0.6 is 0 Å². The standard InChI is InChI=1S/C13H10FN3/c1-8-6-9(2-3-10(8)14)13-16-11-4-5-15-7-12(11)17-13/h2-7H,1H3,(H,16,17). The summed E-state index contributed by atoms with van der Waals surface area (Å²) in [5, 5.41) is 0. The monoisotopic (exact) mass is 227 g/mol. The van der Waals surface area contributed by atoms with Gasteiger partial charge in [-0.15, -0.1) is 0 Å². The number of H-pyrrole nitrogens is 1. The van der Waals surface area contributed by atoms with Crippen molar-refractivity contribution in [3.8, 4) is 11.4 Å². The largest absolute Gasteiger partial charge is 0.337 e. The Balaban J connectivity index is 2.17. The second-order valence-electron chi connectivity index (χ2n) is 3.94. The molecule has 0 fully saturated rings. The number of aromatic amines is 1. The van der Waals surface area contributed by atoms with E-state index >= 15 is 0 Å². The first-order valence-electron chi connectivity index (χ1n) is 5.30. The van der Waals surface area contributed by atoms with Gasteiger partial charge >= 0.3 is 0 Å². The zero-order chi connectivity index (χ0) is 11.8. The van der Waals surface area contributed by atoms with E-state index in [0.29, 0.717) is 5.56 Å². The third-order valence-electron chi connectivity index (χ3n) is 2.71. The molecule has 84 valence electrons. The van der Waals surface area contributed by atoms with Gasteiger partial charge in [-0.1, -0.05) is 0 Å². The molecule has 3 aromatic rings. The van der Waals surface area contributed by atoms with Crippen molar-refractivity contribution in [1.29, 1.82) is 0 Å². The number of aryl methyl sites for hydroxylation is 1. The van der Waals surface area contributed by atoms with Crippen LogP contribution in [-0.4, -0.2) is 15.0 Å². The molecule has 1 N–H and O–H groups in total. The molecule has 0 amide bonds. The van der Waals surface area contributed by atoms with Gasteiger partial charge in [-0.2, -0.15) is 0 Å². The van der Waals surface area contributed by atoms with Crippen LogP contribution in [0.3, 0.4) is 0 Å². The average Bonchev–Trinajstić information content (AvgIpc) is 2.76. The lowest BCUT2D eigenvalue weighted by Gasteiger charge is -1.99. The number of aromatic nitrogens is 3. The zero-order valence-corrected chi connectivity index (χ0v) is 9.24. The van der Waals surface area contributed by atoms with Crippen molar-refractivity contribution in [3.63, 3.8) is 0 Å². The van der Waals surface area contributed by atoms with Gasteiger partial charge in [0.2, 0.25) is 0 Å². The van der Waals surface area contributed by atoms with Crippen molar-refractivity contribution in [2.24, 2.45) is 0 Å². The molecule has 0 radical (unpaired) electrons. The van der Waals surface area contributed by atoms with E-state index in [4.69, 9.17) is 0 Å². The second kappa shape index (κ2) is 3.66. The van der Waals surface area contributed by atoms with Gasteiger partial charge in [-0.3, -0.25) is 4.98 Å². The number of hydrogen-bond donors (Lipinski definition) is 1. The van der Waals surface area contributed by atoms with Crippen molar-refractivity contribution < 1.29 is 4.39 Å². The maximum Gasteiger partial charge on any atom is 0.138 e. The van der Waals surface area contributed by atoms with Crippen LogP contribution in [-0.2, 0) is 0 Å². The fourth-order valence-corrected chi connectivity index (χ4v) is 1.79. The van der Waals surface area contributed by atoms with E-state index in [1.165, 1.54) is 6.07 Å². The van der Waals surface area contributed by atoms with Gasteiger partial charge in [-0.05, 0) is 36.8 Å². The molecule has 0 unspecified atom stereocenters. The minimum Gasteiger partial charge on any atom is -0.337 e. The molecule has 2 heterocycles. The summed E-state index contributed by atoms with van der Waals surface area (Å²) in [6.07, 6.45) is 3.42. The number of imidazole rings is 1. The van der Waals surface area contributed by atoms with Crippen molar-refractivity contribution in [2.75, 3.05) is 0 Å². The first-order chi connectivity index (χ1) is 8.24. The van der Waals surface area contributed by atoms with Crippen molar-refractivity contribution in [1.82, 2.24) is 15.0 Å². The third kappa shape index (κ3) is 1.67. The molecule has 17 heavy (non-hydrogen) atoms. The molecule has 1 aromatic carbocycles.